The Kier molecular flexibility index (Phi) is 5.97. The highest BCUT2D eigenvalue weighted by Crippen LogP contribution is 2.32. The average molecular weight is 391 g/mol. The van der Waals surface area contributed by atoms with Crippen molar-refractivity contribution in [2.24, 2.45) is 5.16 Å². The van der Waals surface area contributed by atoms with Crippen LogP contribution in [0.3, 0.4) is 0 Å². The molecule has 0 radical (unpaired) electrons. The number of nitrogens with zero attached hydrogens (tertiary/aromatic N) is 1. The molecule has 1 aromatic rings. The van der Waals surface area contributed by atoms with Crippen LogP contribution in [0.15, 0.2) is 23.4 Å². The first-order valence-corrected chi connectivity index (χ1v) is 9.59. The van der Waals surface area contributed by atoms with E-state index in [9.17, 15) is 22.0 Å². The zero-order chi connectivity index (χ0) is 19.5. The van der Waals surface area contributed by atoms with Gasteiger partial charge in [0.1, 0.15) is 11.6 Å². The third-order valence-corrected chi connectivity index (χ3v) is 4.09. The minimum absolute atomic E-state index is 0.116. The van der Waals surface area contributed by atoms with Gasteiger partial charge in [-0.3, -0.25) is 4.18 Å². The normalized spacial score (nSPS) is 20.0. The van der Waals surface area contributed by atoms with Crippen LogP contribution in [0.5, 0.6) is 0 Å². The van der Waals surface area contributed by atoms with E-state index in [0.717, 1.165) is 18.4 Å². The van der Waals surface area contributed by atoms with Crippen LogP contribution in [0, 0.1) is 11.6 Å². The van der Waals surface area contributed by atoms with Gasteiger partial charge in [-0.2, -0.15) is 8.42 Å². The van der Waals surface area contributed by atoms with Crippen molar-refractivity contribution >= 4 is 21.8 Å². The zero-order valence-corrected chi connectivity index (χ0v) is 15.3. The number of carbonyl (C=O) groups excluding carboxylic acids is 1. The molecule has 1 aliphatic heterocycles. The lowest BCUT2D eigenvalue weighted by Gasteiger charge is -2.25. The van der Waals surface area contributed by atoms with Gasteiger partial charge in [-0.1, -0.05) is 5.16 Å². The van der Waals surface area contributed by atoms with Crippen LogP contribution in [-0.2, 0) is 28.7 Å². The van der Waals surface area contributed by atoms with Crippen LogP contribution in [0.25, 0.3) is 0 Å². The summed E-state index contributed by atoms with van der Waals surface area (Å²) in [5.74, 6) is -2.36. The Morgan fingerprint density at radius 3 is 2.46 bits per heavy atom. The lowest BCUT2D eigenvalue weighted by atomic mass is 9.91. The van der Waals surface area contributed by atoms with Gasteiger partial charge in [0.05, 0.1) is 24.7 Å². The fourth-order valence-electron chi connectivity index (χ4n) is 2.38. The minimum Gasteiger partial charge on any atom is -0.460 e. The van der Waals surface area contributed by atoms with Crippen molar-refractivity contribution in [1.29, 1.82) is 0 Å². The van der Waals surface area contributed by atoms with Gasteiger partial charge in [0.15, 0.2) is 0 Å². The van der Waals surface area contributed by atoms with Gasteiger partial charge in [0.2, 0.25) is 5.60 Å². The topological polar surface area (TPSA) is 91.3 Å². The second-order valence-electron chi connectivity index (χ2n) is 6.19. The molecule has 1 unspecified atom stereocenters. The first-order valence-electron chi connectivity index (χ1n) is 7.78. The fraction of sp³-hybridized carbons (Fsp3) is 0.500. The maximum Gasteiger partial charge on any atom is 0.354 e. The standard InChI is InChI=1S/C16H19F2NO6S/c1-10(2)24-15(20)16(4-5-23-26(3,21)22)9-14(19-25-16)11-6-12(17)8-13(18)7-11/h6-8,10H,4-5,9H2,1-3H3. The van der Waals surface area contributed by atoms with Crippen LogP contribution < -0.4 is 0 Å². The van der Waals surface area contributed by atoms with E-state index in [1.165, 1.54) is 0 Å². The Bertz CT molecular complexity index is 804. The highest BCUT2D eigenvalue weighted by molar-refractivity contribution is 7.85. The van der Waals surface area contributed by atoms with Gasteiger partial charge in [-0.15, -0.1) is 0 Å². The summed E-state index contributed by atoms with van der Waals surface area (Å²) < 4.78 is 58.9. The molecule has 0 N–H and O–H groups in total. The molecule has 0 saturated heterocycles. The number of ether oxygens (including phenoxy) is 1. The molecule has 7 nitrogen and oxygen atoms in total. The van der Waals surface area contributed by atoms with Crippen molar-refractivity contribution in [3.63, 3.8) is 0 Å². The van der Waals surface area contributed by atoms with Gasteiger partial charge in [-0.05, 0) is 26.0 Å². The molecular weight excluding hydrogens is 372 g/mol. The van der Waals surface area contributed by atoms with E-state index < -0.39 is 39.4 Å². The Morgan fingerprint density at radius 2 is 1.92 bits per heavy atom. The van der Waals surface area contributed by atoms with E-state index in [-0.39, 0.29) is 30.7 Å². The molecule has 10 heteroatoms. The van der Waals surface area contributed by atoms with Crippen LogP contribution in [-0.4, -0.2) is 44.7 Å². The van der Waals surface area contributed by atoms with Crippen molar-refractivity contribution < 1.29 is 35.8 Å². The summed E-state index contributed by atoms with van der Waals surface area (Å²) in [7, 11) is -3.71. The number of carbonyl (C=O) groups is 1. The van der Waals surface area contributed by atoms with E-state index >= 15 is 0 Å². The maximum absolute atomic E-state index is 13.4. The van der Waals surface area contributed by atoms with Crippen LogP contribution in [0.2, 0.25) is 0 Å². The molecule has 2 rings (SSSR count). The van der Waals surface area contributed by atoms with Crippen LogP contribution >= 0.6 is 0 Å². The minimum atomic E-state index is -3.71. The summed E-state index contributed by atoms with van der Waals surface area (Å²) in [5, 5.41) is 3.76. The highest BCUT2D eigenvalue weighted by Gasteiger charge is 2.48. The molecule has 0 saturated carbocycles. The third kappa shape index (κ3) is 5.21. The number of hydrogen-bond donors (Lipinski definition) is 0. The van der Waals surface area contributed by atoms with Crippen LogP contribution in [0.1, 0.15) is 32.3 Å². The average Bonchev–Trinajstić information content (AvgIpc) is 2.90. The van der Waals surface area contributed by atoms with Gasteiger partial charge < -0.3 is 9.57 Å². The molecule has 1 atom stereocenters. The smallest absolute Gasteiger partial charge is 0.354 e. The Hall–Kier alpha value is -2.07. The maximum atomic E-state index is 13.4. The van der Waals surface area contributed by atoms with Gasteiger partial charge >= 0.3 is 5.97 Å². The van der Waals surface area contributed by atoms with E-state index in [4.69, 9.17) is 9.57 Å². The highest BCUT2D eigenvalue weighted by atomic mass is 32.2. The molecule has 1 aromatic carbocycles. The fourth-order valence-corrected chi connectivity index (χ4v) is 2.76. The number of halogens is 2. The summed E-state index contributed by atoms with van der Waals surface area (Å²) in [4.78, 5) is 17.7. The van der Waals surface area contributed by atoms with E-state index in [0.29, 0.717) is 6.07 Å². The number of rotatable bonds is 7. The van der Waals surface area contributed by atoms with Gasteiger partial charge in [0.25, 0.3) is 10.1 Å². The second-order valence-corrected chi connectivity index (χ2v) is 7.83. The molecule has 0 fully saturated rings. The number of esters is 1. The lowest BCUT2D eigenvalue weighted by Crippen LogP contribution is -2.43. The molecule has 0 bridgehead atoms. The van der Waals surface area contributed by atoms with Gasteiger partial charge in [0, 0.05) is 24.5 Å². The first-order chi connectivity index (χ1) is 12.0. The molecule has 0 spiro atoms. The predicted octanol–water partition coefficient (Wildman–Crippen LogP) is 2.15. The van der Waals surface area contributed by atoms with Crippen molar-refractivity contribution in [2.75, 3.05) is 12.9 Å². The Balaban J connectivity index is 2.22. The molecule has 0 aromatic heterocycles. The van der Waals surface area contributed by atoms with Gasteiger partial charge in [-0.25, -0.2) is 13.6 Å². The molecule has 1 aliphatic rings. The summed E-state index contributed by atoms with van der Waals surface area (Å²) in [6, 6.07) is 2.82. The largest absolute Gasteiger partial charge is 0.460 e. The third-order valence-electron chi connectivity index (χ3n) is 3.50. The summed E-state index contributed by atoms with van der Waals surface area (Å²) in [6.07, 6.45) is 0.110. The van der Waals surface area contributed by atoms with Crippen LogP contribution in [0.4, 0.5) is 8.78 Å². The number of benzene rings is 1. The monoisotopic (exact) mass is 391 g/mol. The number of hydrogen-bond acceptors (Lipinski definition) is 7. The summed E-state index contributed by atoms with van der Waals surface area (Å²) in [5.41, 5.74) is -1.37. The Morgan fingerprint density at radius 1 is 1.31 bits per heavy atom. The van der Waals surface area contributed by atoms with Crippen molar-refractivity contribution in [2.45, 2.75) is 38.4 Å². The zero-order valence-electron chi connectivity index (χ0n) is 14.5. The van der Waals surface area contributed by atoms with Crippen molar-refractivity contribution in [3.05, 3.63) is 35.4 Å². The number of oxime groups is 1. The summed E-state index contributed by atoms with van der Waals surface area (Å²) >= 11 is 0. The molecule has 0 amide bonds. The molecule has 0 aliphatic carbocycles. The summed E-state index contributed by atoms with van der Waals surface area (Å²) in [6.45, 7) is 2.93. The van der Waals surface area contributed by atoms with Crippen molar-refractivity contribution in [3.8, 4) is 0 Å². The van der Waals surface area contributed by atoms with Crippen molar-refractivity contribution in [1.82, 2.24) is 0 Å². The Labute approximate surface area is 150 Å². The van der Waals surface area contributed by atoms with E-state index in [1.807, 2.05) is 0 Å². The molecule has 26 heavy (non-hydrogen) atoms. The molecular formula is C16H19F2NO6S. The lowest BCUT2D eigenvalue weighted by molar-refractivity contribution is -0.175. The molecule has 144 valence electrons. The predicted molar refractivity (Wildman–Crippen MR) is 88.0 cm³/mol. The second kappa shape index (κ2) is 7.67. The van der Waals surface area contributed by atoms with E-state index in [1.54, 1.807) is 13.8 Å². The quantitative estimate of drug-likeness (QED) is 0.522. The van der Waals surface area contributed by atoms with E-state index in [2.05, 4.69) is 9.34 Å². The SMILES string of the molecule is CC(C)OC(=O)C1(CCOS(C)(=O)=O)CC(c2cc(F)cc(F)c2)=NO1. The molecule has 1 heterocycles. The first kappa shape index (κ1) is 20.2.